The van der Waals surface area contributed by atoms with E-state index in [2.05, 4.69) is 20.8 Å². The Morgan fingerprint density at radius 1 is 1.26 bits per heavy atom. The van der Waals surface area contributed by atoms with E-state index in [1.807, 2.05) is 18.2 Å². The van der Waals surface area contributed by atoms with Crippen molar-refractivity contribution < 1.29 is 9.47 Å². The van der Waals surface area contributed by atoms with Gasteiger partial charge in [0, 0.05) is 12.6 Å². The first kappa shape index (κ1) is 17.2. The van der Waals surface area contributed by atoms with Crippen LogP contribution in [-0.2, 0) is 6.42 Å². The summed E-state index contributed by atoms with van der Waals surface area (Å²) >= 11 is 11.2. The van der Waals surface area contributed by atoms with Crippen LogP contribution in [0.25, 0.3) is 0 Å². The molecule has 1 aromatic carbocycles. The van der Waals surface area contributed by atoms with Crippen LogP contribution in [0.3, 0.4) is 0 Å². The molecule has 0 aliphatic rings. The molecule has 8 heteroatoms. The number of anilines is 1. The fourth-order valence-corrected chi connectivity index (χ4v) is 2.26. The van der Waals surface area contributed by atoms with Crippen molar-refractivity contribution in [2.45, 2.75) is 6.42 Å². The van der Waals surface area contributed by atoms with E-state index < -0.39 is 0 Å². The van der Waals surface area contributed by atoms with E-state index >= 15 is 0 Å². The average molecular weight is 353 g/mol. The zero-order valence-electron chi connectivity index (χ0n) is 12.8. The first-order chi connectivity index (χ1) is 11.1. The Morgan fingerprint density at radius 2 is 2.09 bits per heavy atom. The topological polar surface area (TPSA) is 68.3 Å². The van der Waals surface area contributed by atoms with E-state index in [4.69, 9.17) is 33.3 Å². The minimum Gasteiger partial charge on any atom is -0.497 e. The maximum Gasteiger partial charge on any atom is 0.173 e. The van der Waals surface area contributed by atoms with E-state index in [1.54, 1.807) is 20.3 Å². The van der Waals surface area contributed by atoms with Crippen LogP contribution in [0.2, 0.25) is 5.02 Å². The van der Waals surface area contributed by atoms with E-state index in [-0.39, 0.29) is 0 Å². The van der Waals surface area contributed by atoms with Crippen LogP contribution in [0.15, 0.2) is 30.5 Å². The van der Waals surface area contributed by atoms with Gasteiger partial charge in [-0.3, -0.25) is 0 Å². The van der Waals surface area contributed by atoms with Crippen LogP contribution in [0.4, 0.5) is 5.82 Å². The Kier molecular flexibility index (Phi) is 6.37. The molecule has 0 radical (unpaired) electrons. The molecule has 0 fully saturated rings. The fraction of sp³-hybridized carbons (Fsp3) is 0.267. The van der Waals surface area contributed by atoms with Gasteiger partial charge in [-0.15, -0.1) is 5.10 Å². The molecule has 122 valence electrons. The Morgan fingerprint density at radius 3 is 2.78 bits per heavy atom. The van der Waals surface area contributed by atoms with Gasteiger partial charge in [-0.05, 0) is 36.3 Å². The lowest BCUT2D eigenvalue weighted by atomic mass is 10.1. The molecule has 0 aliphatic carbocycles. The molecule has 2 N–H and O–H groups in total. The fourth-order valence-electron chi connectivity index (χ4n) is 1.92. The predicted molar refractivity (Wildman–Crippen MR) is 94.5 cm³/mol. The minimum absolute atomic E-state index is 0.425. The Balaban J connectivity index is 1.87. The highest BCUT2D eigenvalue weighted by Gasteiger charge is 2.07. The standard InChI is InChI=1S/C15H17ClN4O2S/c1-21-11-4-3-10(13(9-11)22-2)5-7-17-15(23)19-14-12(16)6-8-18-20-14/h3-4,6,8-9H,5,7H2,1-2H3,(H2,17,19,20,23). The smallest absolute Gasteiger partial charge is 0.173 e. The van der Waals surface area contributed by atoms with Gasteiger partial charge in [0.1, 0.15) is 11.5 Å². The highest BCUT2D eigenvalue weighted by atomic mass is 35.5. The number of hydrogen-bond donors (Lipinski definition) is 2. The zero-order valence-corrected chi connectivity index (χ0v) is 14.4. The molecule has 0 spiro atoms. The lowest BCUT2D eigenvalue weighted by Crippen LogP contribution is -2.30. The summed E-state index contributed by atoms with van der Waals surface area (Å²) in [5.74, 6) is 1.96. The summed E-state index contributed by atoms with van der Waals surface area (Å²) in [4.78, 5) is 0. The van der Waals surface area contributed by atoms with Gasteiger partial charge in [-0.25, -0.2) is 0 Å². The van der Waals surface area contributed by atoms with E-state index in [0.717, 1.165) is 23.5 Å². The van der Waals surface area contributed by atoms with Gasteiger partial charge in [0.15, 0.2) is 10.9 Å². The molecule has 0 unspecified atom stereocenters. The largest absolute Gasteiger partial charge is 0.497 e. The van der Waals surface area contributed by atoms with Crippen molar-refractivity contribution in [3.05, 3.63) is 41.0 Å². The molecule has 0 amide bonds. The second-order valence-electron chi connectivity index (χ2n) is 4.54. The molecule has 0 bridgehead atoms. The SMILES string of the molecule is COc1ccc(CCNC(=S)Nc2nnccc2Cl)c(OC)c1. The summed E-state index contributed by atoms with van der Waals surface area (Å²) in [7, 11) is 3.26. The number of nitrogens with one attached hydrogen (secondary N) is 2. The van der Waals surface area contributed by atoms with Crippen LogP contribution < -0.4 is 20.1 Å². The summed E-state index contributed by atoms with van der Waals surface area (Å²) in [5.41, 5.74) is 1.06. The van der Waals surface area contributed by atoms with Crippen LogP contribution in [0.5, 0.6) is 11.5 Å². The summed E-state index contributed by atoms with van der Waals surface area (Å²) in [6.45, 7) is 0.631. The highest BCUT2D eigenvalue weighted by Crippen LogP contribution is 2.24. The molecule has 0 saturated heterocycles. The molecule has 0 atom stereocenters. The van der Waals surface area contributed by atoms with Gasteiger partial charge in [0.25, 0.3) is 0 Å². The quantitative estimate of drug-likeness (QED) is 0.774. The van der Waals surface area contributed by atoms with Crippen molar-refractivity contribution in [1.29, 1.82) is 0 Å². The van der Waals surface area contributed by atoms with Crippen LogP contribution in [0.1, 0.15) is 5.56 Å². The number of halogens is 1. The predicted octanol–water partition coefficient (Wildman–Crippen LogP) is 2.68. The Hall–Kier alpha value is -2.12. The van der Waals surface area contributed by atoms with Crippen LogP contribution >= 0.6 is 23.8 Å². The third-order valence-electron chi connectivity index (χ3n) is 3.08. The van der Waals surface area contributed by atoms with Gasteiger partial charge < -0.3 is 20.1 Å². The van der Waals surface area contributed by atoms with Gasteiger partial charge >= 0.3 is 0 Å². The summed E-state index contributed by atoms with van der Waals surface area (Å²) in [6, 6.07) is 7.36. The van der Waals surface area contributed by atoms with E-state index in [1.165, 1.54) is 6.20 Å². The number of benzene rings is 1. The number of methoxy groups -OCH3 is 2. The second-order valence-corrected chi connectivity index (χ2v) is 5.35. The molecule has 1 aromatic heterocycles. The number of rotatable bonds is 6. The molecule has 2 rings (SSSR count). The summed E-state index contributed by atoms with van der Waals surface area (Å²) in [5, 5.41) is 14.5. The summed E-state index contributed by atoms with van der Waals surface area (Å²) < 4.78 is 10.5. The molecule has 0 aliphatic heterocycles. The first-order valence-corrected chi connectivity index (χ1v) is 7.65. The van der Waals surface area contributed by atoms with Gasteiger partial charge in [-0.1, -0.05) is 17.7 Å². The third-order valence-corrected chi connectivity index (χ3v) is 3.63. The van der Waals surface area contributed by atoms with Crippen LogP contribution in [0, 0.1) is 0 Å². The first-order valence-electron chi connectivity index (χ1n) is 6.87. The molecule has 0 saturated carbocycles. The van der Waals surface area contributed by atoms with Crippen molar-refractivity contribution in [2.24, 2.45) is 0 Å². The molecule has 2 aromatic rings. The minimum atomic E-state index is 0.425. The summed E-state index contributed by atoms with van der Waals surface area (Å²) in [6.07, 6.45) is 2.25. The Bertz CT molecular complexity index is 684. The van der Waals surface area contributed by atoms with Gasteiger partial charge in [-0.2, -0.15) is 5.10 Å². The van der Waals surface area contributed by atoms with Gasteiger partial charge in [0.05, 0.1) is 25.4 Å². The third kappa shape index (κ3) is 4.94. The molecular formula is C15H17ClN4O2S. The number of hydrogen-bond acceptors (Lipinski definition) is 5. The average Bonchev–Trinajstić information content (AvgIpc) is 2.57. The monoisotopic (exact) mass is 352 g/mol. The lowest BCUT2D eigenvalue weighted by Gasteiger charge is -2.12. The molecular weight excluding hydrogens is 336 g/mol. The van der Waals surface area contributed by atoms with Crippen molar-refractivity contribution in [3.8, 4) is 11.5 Å². The van der Waals surface area contributed by atoms with Crippen molar-refractivity contribution in [3.63, 3.8) is 0 Å². The number of ether oxygens (including phenoxy) is 2. The highest BCUT2D eigenvalue weighted by molar-refractivity contribution is 7.80. The van der Waals surface area contributed by atoms with Crippen molar-refractivity contribution in [1.82, 2.24) is 15.5 Å². The lowest BCUT2D eigenvalue weighted by molar-refractivity contribution is 0.391. The maximum atomic E-state index is 5.99. The van der Waals surface area contributed by atoms with Crippen molar-refractivity contribution >= 4 is 34.7 Å². The van der Waals surface area contributed by atoms with Gasteiger partial charge in [0.2, 0.25) is 0 Å². The molecule has 6 nitrogen and oxygen atoms in total. The maximum absolute atomic E-state index is 5.99. The van der Waals surface area contributed by atoms with E-state index in [9.17, 15) is 0 Å². The number of nitrogens with zero attached hydrogens (tertiary/aromatic N) is 2. The van der Waals surface area contributed by atoms with Crippen LogP contribution in [-0.4, -0.2) is 36.1 Å². The van der Waals surface area contributed by atoms with Crippen molar-refractivity contribution in [2.75, 3.05) is 26.1 Å². The number of aromatic nitrogens is 2. The Labute approximate surface area is 145 Å². The molecule has 23 heavy (non-hydrogen) atoms. The second kappa shape index (κ2) is 8.50. The molecule has 1 heterocycles. The zero-order chi connectivity index (χ0) is 16.7. The van der Waals surface area contributed by atoms with E-state index in [0.29, 0.717) is 22.5 Å². The number of thiocarbonyl (C=S) groups is 1. The normalized spacial score (nSPS) is 10.0.